The third-order valence-electron chi connectivity index (χ3n) is 3.00. The van der Waals surface area contributed by atoms with Crippen LogP contribution >= 0.6 is 0 Å². The molecule has 1 atom stereocenters. The highest BCUT2D eigenvalue weighted by molar-refractivity contribution is 5.92. The number of carbonyl (C=O) groups is 2. The lowest BCUT2D eigenvalue weighted by Crippen LogP contribution is -2.48. The van der Waals surface area contributed by atoms with Crippen LogP contribution < -0.4 is 10.6 Å². The number of nitrogens with two attached hydrogens (primary N) is 1. The second-order valence-corrected chi connectivity index (χ2v) is 4.17. The molecule has 6 nitrogen and oxygen atoms in total. The topological polar surface area (TPSA) is 104 Å². The van der Waals surface area contributed by atoms with E-state index >= 15 is 0 Å². The van der Waals surface area contributed by atoms with Gasteiger partial charge in [-0.3, -0.25) is 0 Å². The van der Waals surface area contributed by atoms with Crippen molar-refractivity contribution in [1.29, 1.82) is 0 Å². The number of benzene rings is 1. The molecule has 0 amide bonds. The second kappa shape index (κ2) is 3.46. The lowest BCUT2D eigenvalue weighted by molar-refractivity contribution is -0.143. The van der Waals surface area contributed by atoms with E-state index in [4.69, 9.17) is 15.9 Å². The molecule has 0 bridgehead atoms. The summed E-state index contributed by atoms with van der Waals surface area (Å²) in [6.45, 7) is 0.126. The van der Waals surface area contributed by atoms with Crippen molar-refractivity contribution in [3.8, 4) is 0 Å². The van der Waals surface area contributed by atoms with Crippen molar-refractivity contribution in [2.45, 2.75) is 5.54 Å². The van der Waals surface area contributed by atoms with E-state index in [1.165, 1.54) is 18.2 Å². The van der Waals surface area contributed by atoms with Crippen molar-refractivity contribution in [1.82, 2.24) is 0 Å². The molecule has 17 heavy (non-hydrogen) atoms. The largest absolute Gasteiger partial charge is 0.480 e. The normalized spacial score (nSPS) is 22.4. The Morgan fingerprint density at radius 3 is 2.59 bits per heavy atom. The van der Waals surface area contributed by atoms with Crippen molar-refractivity contribution in [2.24, 2.45) is 5.73 Å². The number of hydrogen-bond donors (Lipinski definition) is 3. The van der Waals surface area contributed by atoms with Crippen molar-refractivity contribution >= 4 is 17.6 Å². The molecule has 1 aromatic rings. The first kappa shape index (κ1) is 11.4. The predicted molar refractivity (Wildman–Crippen MR) is 60.2 cm³/mol. The molecule has 1 unspecified atom stereocenters. The number of likely N-dealkylation sites (N-methyl/N-ethyl adjacent to an activating group) is 1. The van der Waals surface area contributed by atoms with Gasteiger partial charge in [-0.1, -0.05) is 6.07 Å². The third-order valence-corrected chi connectivity index (χ3v) is 3.00. The SMILES string of the molecule is CN1CC(N)(C(=O)O)c2ccc(C(=O)O)cc21. The molecule has 1 heterocycles. The van der Waals surface area contributed by atoms with Gasteiger partial charge in [-0.2, -0.15) is 0 Å². The number of aromatic carboxylic acids is 1. The van der Waals surface area contributed by atoms with Crippen LogP contribution in [0, 0.1) is 0 Å². The van der Waals surface area contributed by atoms with Gasteiger partial charge in [0.05, 0.1) is 12.1 Å². The highest BCUT2D eigenvalue weighted by Gasteiger charge is 2.44. The summed E-state index contributed by atoms with van der Waals surface area (Å²) in [4.78, 5) is 23.7. The maximum atomic E-state index is 11.2. The van der Waals surface area contributed by atoms with Crippen molar-refractivity contribution in [3.63, 3.8) is 0 Å². The molecular formula is C11H12N2O4. The van der Waals surface area contributed by atoms with Gasteiger partial charge >= 0.3 is 11.9 Å². The van der Waals surface area contributed by atoms with E-state index in [0.717, 1.165) is 0 Å². The smallest absolute Gasteiger partial charge is 0.335 e. The molecule has 0 radical (unpaired) electrons. The van der Waals surface area contributed by atoms with Crippen LogP contribution in [-0.4, -0.2) is 35.7 Å². The number of aliphatic carboxylic acids is 1. The summed E-state index contributed by atoms with van der Waals surface area (Å²) in [5.41, 5.74) is 5.48. The summed E-state index contributed by atoms with van der Waals surface area (Å²) in [5, 5.41) is 18.0. The predicted octanol–water partition coefficient (Wildman–Crippen LogP) is 0.0732. The van der Waals surface area contributed by atoms with E-state index in [0.29, 0.717) is 11.3 Å². The molecule has 0 aliphatic carbocycles. The first-order valence-corrected chi connectivity index (χ1v) is 4.97. The minimum Gasteiger partial charge on any atom is -0.480 e. The fourth-order valence-corrected chi connectivity index (χ4v) is 2.09. The Balaban J connectivity index is 2.59. The number of carboxylic acids is 2. The van der Waals surface area contributed by atoms with Gasteiger partial charge in [0.2, 0.25) is 0 Å². The van der Waals surface area contributed by atoms with Gasteiger partial charge in [-0.05, 0) is 12.1 Å². The van der Waals surface area contributed by atoms with E-state index in [2.05, 4.69) is 0 Å². The van der Waals surface area contributed by atoms with E-state index in [-0.39, 0.29) is 12.1 Å². The zero-order valence-corrected chi connectivity index (χ0v) is 9.17. The molecule has 1 aliphatic heterocycles. The molecule has 1 aromatic carbocycles. The zero-order chi connectivity index (χ0) is 12.8. The van der Waals surface area contributed by atoms with Crippen LogP contribution in [0.1, 0.15) is 15.9 Å². The Hall–Kier alpha value is -2.08. The average molecular weight is 236 g/mol. The van der Waals surface area contributed by atoms with Crippen LogP contribution in [0.5, 0.6) is 0 Å². The number of fused-ring (bicyclic) bond motifs is 1. The maximum absolute atomic E-state index is 11.2. The Morgan fingerprint density at radius 2 is 2.06 bits per heavy atom. The molecule has 2 rings (SSSR count). The molecule has 0 aromatic heterocycles. The van der Waals surface area contributed by atoms with Gasteiger partial charge in [-0.15, -0.1) is 0 Å². The van der Waals surface area contributed by atoms with Gasteiger partial charge in [0.1, 0.15) is 0 Å². The number of anilines is 1. The maximum Gasteiger partial charge on any atom is 0.335 e. The quantitative estimate of drug-likeness (QED) is 0.671. The van der Waals surface area contributed by atoms with Crippen LogP contribution in [0.25, 0.3) is 0 Å². The molecule has 1 aliphatic rings. The Kier molecular flexibility index (Phi) is 2.32. The molecule has 90 valence electrons. The lowest BCUT2D eigenvalue weighted by atomic mass is 9.93. The molecule has 0 spiro atoms. The number of rotatable bonds is 2. The van der Waals surface area contributed by atoms with Crippen molar-refractivity contribution < 1.29 is 19.8 Å². The first-order chi connectivity index (χ1) is 7.86. The summed E-state index contributed by atoms with van der Waals surface area (Å²) in [6, 6.07) is 4.27. The van der Waals surface area contributed by atoms with Gasteiger partial charge < -0.3 is 20.8 Å². The molecule has 4 N–H and O–H groups in total. The summed E-state index contributed by atoms with van der Waals surface area (Å²) >= 11 is 0. The van der Waals surface area contributed by atoms with E-state index in [1.807, 2.05) is 0 Å². The van der Waals surface area contributed by atoms with Crippen LogP contribution in [0.2, 0.25) is 0 Å². The van der Waals surface area contributed by atoms with Crippen LogP contribution in [0.3, 0.4) is 0 Å². The van der Waals surface area contributed by atoms with Crippen molar-refractivity contribution in [2.75, 3.05) is 18.5 Å². The van der Waals surface area contributed by atoms with Gasteiger partial charge in [-0.25, -0.2) is 9.59 Å². The Morgan fingerprint density at radius 1 is 1.41 bits per heavy atom. The van der Waals surface area contributed by atoms with Gasteiger partial charge in [0, 0.05) is 18.3 Å². The minimum absolute atomic E-state index is 0.116. The Bertz CT molecular complexity index is 514. The van der Waals surface area contributed by atoms with Crippen molar-refractivity contribution in [3.05, 3.63) is 29.3 Å². The van der Waals surface area contributed by atoms with E-state index in [1.54, 1.807) is 11.9 Å². The third kappa shape index (κ3) is 1.53. The molecule has 0 saturated heterocycles. The molecule has 0 saturated carbocycles. The number of nitrogens with zero attached hydrogens (tertiary/aromatic N) is 1. The highest BCUT2D eigenvalue weighted by atomic mass is 16.4. The standard InChI is InChI=1S/C11H12N2O4/c1-13-5-11(12,10(16)17)7-3-2-6(9(14)15)4-8(7)13/h2-4H,5,12H2,1H3,(H,14,15)(H,16,17). The van der Waals surface area contributed by atoms with E-state index in [9.17, 15) is 9.59 Å². The van der Waals surface area contributed by atoms with E-state index < -0.39 is 17.5 Å². The molecule has 0 fully saturated rings. The van der Waals surface area contributed by atoms with Gasteiger partial charge in [0.15, 0.2) is 5.54 Å². The highest BCUT2D eigenvalue weighted by Crippen LogP contribution is 2.37. The average Bonchev–Trinajstić information content (AvgIpc) is 2.52. The summed E-state index contributed by atoms with van der Waals surface area (Å²) in [7, 11) is 1.68. The minimum atomic E-state index is -1.47. The lowest BCUT2D eigenvalue weighted by Gasteiger charge is -2.19. The van der Waals surface area contributed by atoms with Crippen LogP contribution in [0.4, 0.5) is 5.69 Å². The summed E-state index contributed by atoms with van der Waals surface area (Å²) < 4.78 is 0. The fraction of sp³-hybridized carbons (Fsp3) is 0.273. The zero-order valence-electron chi connectivity index (χ0n) is 9.17. The fourth-order valence-electron chi connectivity index (χ4n) is 2.09. The molecular weight excluding hydrogens is 224 g/mol. The van der Waals surface area contributed by atoms with Crippen LogP contribution in [0.15, 0.2) is 18.2 Å². The summed E-state index contributed by atoms with van der Waals surface area (Å²) in [6.07, 6.45) is 0. The monoisotopic (exact) mass is 236 g/mol. The van der Waals surface area contributed by atoms with Crippen LogP contribution in [-0.2, 0) is 10.3 Å². The van der Waals surface area contributed by atoms with Gasteiger partial charge in [0.25, 0.3) is 0 Å². The number of hydrogen-bond acceptors (Lipinski definition) is 4. The number of carboxylic acid groups (broad SMARTS) is 2. The summed E-state index contributed by atoms with van der Waals surface area (Å²) in [5.74, 6) is -2.17. The Labute approximate surface area is 97.3 Å². The molecule has 6 heteroatoms. The second-order valence-electron chi connectivity index (χ2n) is 4.17. The first-order valence-electron chi connectivity index (χ1n) is 4.97.